The molecule has 1 amide bonds. The first-order chi connectivity index (χ1) is 15.0. The van der Waals surface area contributed by atoms with Gasteiger partial charge in [-0.05, 0) is 26.0 Å². The van der Waals surface area contributed by atoms with Gasteiger partial charge in [0.1, 0.15) is 10.8 Å². The Morgan fingerprint density at radius 3 is 2.61 bits per heavy atom. The third-order valence-electron chi connectivity index (χ3n) is 4.45. The fourth-order valence-electron chi connectivity index (χ4n) is 2.89. The molecule has 7 nitrogen and oxygen atoms in total. The predicted molar refractivity (Wildman–Crippen MR) is 121 cm³/mol. The lowest BCUT2D eigenvalue weighted by molar-refractivity contribution is -0.113. The number of anilines is 1. The van der Waals surface area contributed by atoms with Crippen LogP contribution >= 0.6 is 23.1 Å². The molecule has 0 unspecified atom stereocenters. The Balaban J connectivity index is 1.41. The van der Waals surface area contributed by atoms with Gasteiger partial charge in [-0.3, -0.25) is 10.1 Å². The molecule has 2 aromatic heterocycles. The second-order valence-electron chi connectivity index (χ2n) is 6.65. The molecule has 0 saturated carbocycles. The standard InChI is InChI=1S/C21H19FN6OS2/c1-3-28-18(15-6-4-5-7-16(15)22)24-27-21(28)30-12-17(29)23-20-26-25-19(31-20)14-10-8-13(2)9-11-14/h4-11H,3,12H2,1-2H3,(H,23,26,29). The Bertz CT molecular complexity index is 1200. The van der Waals surface area contributed by atoms with Crippen molar-refractivity contribution in [2.75, 3.05) is 11.1 Å². The number of nitrogens with zero attached hydrogens (tertiary/aromatic N) is 5. The summed E-state index contributed by atoms with van der Waals surface area (Å²) in [4.78, 5) is 12.4. The second kappa shape index (κ2) is 9.36. The van der Waals surface area contributed by atoms with Gasteiger partial charge < -0.3 is 4.57 Å². The molecule has 0 bridgehead atoms. The Morgan fingerprint density at radius 1 is 1.10 bits per heavy atom. The molecule has 10 heteroatoms. The normalized spacial score (nSPS) is 10.9. The molecule has 0 aliphatic rings. The predicted octanol–water partition coefficient (Wildman–Crippen LogP) is 4.66. The number of rotatable bonds is 7. The summed E-state index contributed by atoms with van der Waals surface area (Å²) in [7, 11) is 0. The highest BCUT2D eigenvalue weighted by Crippen LogP contribution is 2.28. The average Bonchev–Trinajstić information content (AvgIpc) is 3.40. The minimum atomic E-state index is -0.362. The highest BCUT2D eigenvalue weighted by molar-refractivity contribution is 7.99. The van der Waals surface area contributed by atoms with E-state index < -0.39 is 0 Å². The van der Waals surface area contributed by atoms with Crippen LogP contribution in [0.2, 0.25) is 0 Å². The lowest BCUT2D eigenvalue weighted by Crippen LogP contribution is -2.14. The molecule has 31 heavy (non-hydrogen) atoms. The van der Waals surface area contributed by atoms with E-state index in [2.05, 4.69) is 25.7 Å². The summed E-state index contributed by atoms with van der Waals surface area (Å²) in [6.07, 6.45) is 0. The number of nitrogens with one attached hydrogen (secondary N) is 1. The van der Waals surface area contributed by atoms with Gasteiger partial charge in [-0.15, -0.1) is 20.4 Å². The fourth-order valence-corrected chi connectivity index (χ4v) is 4.46. The molecule has 0 spiro atoms. The van der Waals surface area contributed by atoms with Crippen LogP contribution in [0.15, 0.2) is 53.7 Å². The van der Waals surface area contributed by atoms with E-state index in [-0.39, 0.29) is 17.5 Å². The molecule has 2 heterocycles. The van der Waals surface area contributed by atoms with E-state index >= 15 is 0 Å². The quantitative estimate of drug-likeness (QED) is 0.409. The summed E-state index contributed by atoms with van der Waals surface area (Å²) in [5.74, 6) is -0.0286. The fraction of sp³-hybridized carbons (Fsp3) is 0.190. The van der Waals surface area contributed by atoms with Crippen molar-refractivity contribution in [3.63, 3.8) is 0 Å². The summed E-state index contributed by atoms with van der Waals surface area (Å²) in [6, 6.07) is 14.4. The first kappa shape index (κ1) is 21.1. The highest BCUT2D eigenvalue weighted by Gasteiger charge is 2.17. The van der Waals surface area contributed by atoms with E-state index in [1.807, 2.05) is 38.1 Å². The van der Waals surface area contributed by atoms with E-state index in [0.29, 0.717) is 28.2 Å². The minimum absolute atomic E-state index is 0.120. The third-order valence-corrected chi connectivity index (χ3v) is 6.30. The average molecular weight is 455 g/mol. The number of hydrogen-bond acceptors (Lipinski definition) is 7. The maximum atomic E-state index is 14.1. The summed E-state index contributed by atoms with van der Waals surface area (Å²) in [5.41, 5.74) is 2.50. The number of carbonyl (C=O) groups is 1. The van der Waals surface area contributed by atoms with Crippen LogP contribution in [0.4, 0.5) is 9.52 Å². The molecule has 0 radical (unpaired) electrons. The molecule has 0 atom stereocenters. The molecule has 0 aliphatic heterocycles. The lowest BCUT2D eigenvalue weighted by Gasteiger charge is -2.07. The Morgan fingerprint density at radius 2 is 1.87 bits per heavy atom. The zero-order valence-corrected chi connectivity index (χ0v) is 18.5. The molecule has 0 aliphatic carbocycles. The Labute approximate surface area is 186 Å². The minimum Gasteiger partial charge on any atom is -0.302 e. The monoisotopic (exact) mass is 454 g/mol. The third kappa shape index (κ3) is 4.80. The Hall–Kier alpha value is -3.11. The Kier molecular flexibility index (Phi) is 6.38. The molecule has 158 valence electrons. The summed E-state index contributed by atoms with van der Waals surface area (Å²) >= 11 is 2.55. The number of halogens is 1. The van der Waals surface area contributed by atoms with E-state index in [9.17, 15) is 9.18 Å². The van der Waals surface area contributed by atoms with Crippen molar-refractivity contribution >= 4 is 34.1 Å². The SMILES string of the molecule is CCn1c(SCC(=O)Nc2nnc(-c3ccc(C)cc3)s2)nnc1-c1ccccc1F. The van der Waals surface area contributed by atoms with Crippen molar-refractivity contribution in [3.05, 3.63) is 59.9 Å². The van der Waals surface area contributed by atoms with Crippen LogP contribution in [0.5, 0.6) is 0 Å². The van der Waals surface area contributed by atoms with Gasteiger partial charge >= 0.3 is 0 Å². The highest BCUT2D eigenvalue weighted by atomic mass is 32.2. The van der Waals surface area contributed by atoms with Crippen LogP contribution in [0.25, 0.3) is 22.0 Å². The molecule has 4 rings (SSSR count). The van der Waals surface area contributed by atoms with E-state index in [4.69, 9.17) is 0 Å². The van der Waals surface area contributed by atoms with Crippen LogP contribution in [0.3, 0.4) is 0 Å². The molecule has 2 aromatic carbocycles. The van der Waals surface area contributed by atoms with Crippen molar-refractivity contribution in [3.8, 4) is 22.0 Å². The van der Waals surface area contributed by atoms with Crippen molar-refractivity contribution in [1.29, 1.82) is 0 Å². The number of benzene rings is 2. The molecule has 0 saturated heterocycles. The van der Waals surface area contributed by atoms with Gasteiger partial charge in [0.2, 0.25) is 11.0 Å². The number of carbonyl (C=O) groups excluding carboxylic acids is 1. The van der Waals surface area contributed by atoms with Crippen LogP contribution in [0.1, 0.15) is 12.5 Å². The largest absolute Gasteiger partial charge is 0.302 e. The molecule has 0 fully saturated rings. The van der Waals surface area contributed by atoms with Crippen molar-refractivity contribution in [2.24, 2.45) is 0 Å². The first-order valence-electron chi connectivity index (χ1n) is 9.56. The van der Waals surface area contributed by atoms with E-state index in [1.165, 1.54) is 29.2 Å². The van der Waals surface area contributed by atoms with E-state index in [0.717, 1.165) is 16.1 Å². The van der Waals surface area contributed by atoms with Gasteiger partial charge in [0.25, 0.3) is 0 Å². The molecule has 1 N–H and O–H groups in total. The van der Waals surface area contributed by atoms with Crippen LogP contribution in [-0.2, 0) is 11.3 Å². The zero-order chi connectivity index (χ0) is 21.8. The molecule has 4 aromatic rings. The van der Waals surface area contributed by atoms with Gasteiger partial charge in [-0.25, -0.2) is 4.39 Å². The summed E-state index contributed by atoms with van der Waals surface area (Å²) < 4.78 is 15.9. The maximum Gasteiger partial charge on any atom is 0.236 e. The maximum absolute atomic E-state index is 14.1. The van der Waals surface area contributed by atoms with Crippen LogP contribution < -0.4 is 5.32 Å². The second-order valence-corrected chi connectivity index (χ2v) is 8.57. The van der Waals surface area contributed by atoms with Crippen LogP contribution in [-0.4, -0.2) is 36.6 Å². The van der Waals surface area contributed by atoms with Crippen molar-refractivity contribution in [2.45, 2.75) is 25.5 Å². The number of aryl methyl sites for hydroxylation is 1. The summed E-state index contributed by atoms with van der Waals surface area (Å²) in [6.45, 7) is 4.49. The van der Waals surface area contributed by atoms with Crippen LogP contribution in [0, 0.1) is 12.7 Å². The smallest absolute Gasteiger partial charge is 0.236 e. The van der Waals surface area contributed by atoms with Crippen molar-refractivity contribution in [1.82, 2.24) is 25.0 Å². The van der Waals surface area contributed by atoms with Gasteiger partial charge in [0, 0.05) is 12.1 Å². The number of amides is 1. The van der Waals surface area contributed by atoms with Gasteiger partial charge in [-0.2, -0.15) is 0 Å². The topological polar surface area (TPSA) is 85.6 Å². The van der Waals surface area contributed by atoms with Gasteiger partial charge in [-0.1, -0.05) is 65.1 Å². The zero-order valence-electron chi connectivity index (χ0n) is 16.9. The number of hydrogen-bond donors (Lipinski definition) is 1. The van der Waals surface area contributed by atoms with Crippen molar-refractivity contribution < 1.29 is 9.18 Å². The number of thioether (sulfide) groups is 1. The molecular formula is C21H19FN6OS2. The summed E-state index contributed by atoms with van der Waals surface area (Å²) in [5, 5.41) is 20.9. The number of aromatic nitrogens is 5. The van der Waals surface area contributed by atoms with E-state index in [1.54, 1.807) is 22.8 Å². The first-order valence-corrected chi connectivity index (χ1v) is 11.4. The molecular weight excluding hydrogens is 435 g/mol. The van der Waals surface area contributed by atoms with Gasteiger partial charge in [0.05, 0.1) is 11.3 Å². The lowest BCUT2D eigenvalue weighted by atomic mass is 10.2. The van der Waals surface area contributed by atoms with Gasteiger partial charge in [0.15, 0.2) is 11.0 Å².